The van der Waals surface area contributed by atoms with Gasteiger partial charge in [-0.25, -0.2) is 9.98 Å². The SMILES string of the molecule is C1=C(c2cccc3c2oc2cccc(-c4cc(-c5ccccc5)c5oc6ccccc6c5c4)c23)N=C(c2ccccc2)N=C(c2ccc(-c3ccccc3)cc2)CC1. The number of para-hydroxylation sites is 2. The highest BCUT2D eigenvalue weighted by molar-refractivity contribution is 6.18. The Morgan fingerprint density at radius 2 is 0.966 bits per heavy atom. The van der Waals surface area contributed by atoms with Gasteiger partial charge >= 0.3 is 0 Å². The number of benzene rings is 8. The number of hydrogen-bond acceptors (Lipinski definition) is 4. The third kappa shape index (κ3) is 5.94. The lowest BCUT2D eigenvalue weighted by Gasteiger charge is -2.14. The number of rotatable bonds is 6. The second-order valence-electron chi connectivity index (χ2n) is 14.8. The van der Waals surface area contributed by atoms with Crippen LogP contribution >= 0.6 is 0 Å². The molecular weight excluding hydrogens is 709 g/mol. The Bertz CT molecular complexity index is 3240. The number of nitrogens with zero attached hydrogens (tertiary/aromatic N) is 2. The van der Waals surface area contributed by atoms with E-state index in [-0.39, 0.29) is 0 Å². The average molecular weight is 745 g/mol. The van der Waals surface area contributed by atoms with E-state index in [9.17, 15) is 0 Å². The van der Waals surface area contributed by atoms with E-state index >= 15 is 0 Å². The van der Waals surface area contributed by atoms with Crippen LogP contribution < -0.4 is 0 Å². The quantitative estimate of drug-likeness (QED) is 0.170. The van der Waals surface area contributed by atoms with Gasteiger partial charge < -0.3 is 8.83 Å². The Balaban J connectivity index is 1.05. The minimum atomic E-state index is 0.677. The minimum Gasteiger partial charge on any atom is -0.455 e. The molecule has 2 aromatic heterocycles. The molecule has 4 nitrogen and oxygen atoms in total. The summed E-state index contributed by atoms with van der Waals surface area (Å²) in [6.45, 7) is 0. The summed E-state index contributed by atoms with van der Waals surface area (Å²) in [4.78, 5) is 10.6. The molecule has 0 saturated carbocycles. The molecule has 1 aliphatic heterocycles. The molecule has 0 aliphatic carbocycles. The van der Waals surface area contributed by atoms with Crippen LogP contribution in [0.5, 0.6) is 0 Å². The molecule has 0 spiro atoms. The van der Waals surface area contributed by atoms with E-state index < -0.39 is 0 Å². The van der Waals surface area contributed by atoms with Gasteiger partial charge in [-0.15, -0.1) is 0 Å². The normalized spacial score (nSPS) is 13.3. The van der Waals surface area contributed by atoms with Crippen molar-refractivity contribution in [1.82, 2.24) is 0 Å². The Morgan fingerprint density at radius 1 is 0.379 bits per heavy atom. The van der Waals surface area contributed by atoms with E-state index in [0.717, 1.165) is 107 Å². The summed E-state index contributed by atoms with van der Waals surface area (Å²) < 4.78 is 13.4. The van der Waals surface area contributed by atoms with E-state index in [2.05, 4.69) is 152 Å². The van der Waals surface area contributed by atoms with Crippen LogP contribution in [0.2, 0.25) is 0 Å². The molecule has 10 aromatic rings. The smallest absolute Gasteiger partial charge is 0.160 e. The van der Waals surface area contributed by atoms with Gasteiger partial charge in [-0.1, -0.05) is 164 Å². The van der Waals surface area contributed by atoms with E-state index in [1.807, 2.05) is 42.5 Å². The standard InChI is InChI=1S/C54H36N2O2/c1-4-15-35(16-5-1)36-29-31-38(32-30-36)47-25-14-26-48(56-54(55-47)39-19-8-3-9-20-39)43-23-12-24-44-51-41(22-13-28-50(51)58-52(43)44)40-33-45(37-17-6-2-7-18-37)53-46(34-40)42-21-10-11-27-49(42)57-53/h1-13,15-24,26-34H,14,25H2. The molecule has 0 unspecified atom stereocenters. The first-order valence-electron chi connectivity index (χ1n) is 19.8. The van der Waals surface area contributed by atoms with Crippen LogP contribution in [0.25, 0.3) is 83.0 Å². The third-order valence-corrected chi connectivity index (χ3v) is 11.2. The van der Waals surface area contributed by atoms with Gasteiger partial charge in [0, 0.05) is 38.2 Å². The Labute approximate surface area is 335 Å². The number of furan rings is 2. The Kier molecular flexibility index (Phi) is 8.25. The predicted molar refractivity (Wildman–Crippen MR) is 240 cm³/mol. The summed E-state index contributed by atoms with van der Waals surface area (Å²) in [7, 11) is 0. The molecule has 8 aromatic carbocycles. The lowest BCUT2D eigenvalue weighted by atomic mass is 9.93. The maximum Gasteiger partial charge on any atom is 0.160 e. The molecule has 0 saturated heterocycles. The second kappa shape index (κ2) is 14.2. The van der Waals surface area contributed by atoms with Crippen molar-refractivity contribution in [2.24, 2.45) is 9.98 Å². The van der Waals surface area contributed by atoms with Crippen molar-refractivity contribution < 1.29 is 8.83 Å². The van der Waals surface area contributed by atoms with Crippen molar-refractivity contribution in [3.8, 4) is 33.4 Å². The molecule has 3 heterocycles. The lowest BCUT2D eigenvalue weighted by molar-refractivity contribution is 0.667. The summed E-state index contributed by atoms with van der Waals surface area (Å²) in [5.74, 6) is 0.677. The van der Waals surface area contributed by atoms with Crippen LogP contribution in [-0.2, 0) is 0 Å². The lowest BCUT2D eigenvalue weighted by Crippen LogP contribution is -2.09. The highest BCUT2D eigenvalue weighted by Crippen LogP contribution is 2.44. The van der Waals surface area contributed by atoms with Crippen LogP contribution in [-0.4, -0.2) is 11.5 Å². The maximum absolute atomic E-state index is 6.84. The van der Waals surface area contributed by atoms with Crippen molar-refractivity contribution in [3.05, 3.63) is 211 Å². The van der Waals surface area contributed by atoms with Gasteiger partial charge in [0.2, 0.25) is 0 Å². The van der Waals surface area contributed by atoms with Gasteiger partial charge in [0.05, 0.1) is 11.4 Å². The first-order valence-corrected chi connectivity index (χ1v) is 19.8. The minimum absolute atomic E-state index is 0.677. The maximum atomic E-state index is 6.84. The van der Waals surface area contributed by atoms with Crippen LogP contribution in [0, 0.1) is 0 Å². The van der Waals surface area contributed by atoms with E-state index in [4.69, 9.17) is 18.8 Å². The van der Waals surface area contributed by atoms with Crippen LogP contribution in [0.3, 0.4) is 0 Å². The molecule has 0 fully saturated rings. The van der Waals surface area contributed by atoms with Gasteiger partial charge in [-0.2, -0.15) is 0 Å². The number of fused-ring (bicyclic) bond motifs is 6. The average Bonchev–Trinajstić information content (AvgIpc) is 3.86. The molecule has 58 heavy (non-hydrogen) atoms. The van der Waals surface area contributed by atoms with Gasteiger partial charge in [0.25, 0.3) is 0 Å². The molecule has 1 aliphatic rings. The fourth-order valence-corrected chi connectivity index (χ4v) is 8.40. The van der Waals surface area contributed by atoms with E-state index in [1.165, 1.54) is 11.1 Å². The Morgan fingerprint density at radius 3 is 1.76 bits per heavy atom. The van der Waals surface area contributed by atoms with E-state index in [0.29, 0.717) is 5.84 Å². The molecule has 0 atom stereocenters. The summed E-state index contributed by atoms with van der Waals surface area (Å²) in [5.41, 5.74) is 15.0. The molecule has 0 radical (unpaired) electrons. The number of hydrogen-bond donors (Lipinski definition) is 0. The van der Waals surface area contributed by atoms with Gasteiger partial charge in [0.15, 0.2) is 5.84 Å². The molecule has 4 heteroatoms. The summed E-state index contributed by atoms with van der Waals surface area (Å²) >= 11 is 0. The van der Waals surface area contributed by atoms with Crippen molar-refractivity contribution in [3.63, 3.8) is 0 Å². The number of aliphatic imine (C=N–C) groups is 2. The molecule has 0 amide bonds. The van der Waals surface area contributed by atoms with Crippen molar-refractivity contribution >= 4 is 61.1 Å². The molecule has 0 N–H and O–H groups in total. The van der Waals surface area contributed by atoms with Crippen molar-refractivity contribution in [2.45, 2.75) is 12.8 Å². The zero-order chi connectivity index (χ0) is 38.4. The van der Waals surface area contributed by atoms with E-state index in [1.54, 1.807) is 0 Å². The monoisotopic (exact) mass is 744 g/mol. The molecular formula is C54H36N2O2. The zero-order valence-electron chi connectivity index (χ0n) is 31.6. The van der Waals surface area contributed by atoms with Gasteiger partial charge in [-0.3, -0.25) is 0 Å². The molecule has 11 rings (SSSR count). The second-order valence-corrected chi connectivity index (χ2v) is 14.8. The Hall–Kier alpha value is -7.56. The summed E-state index contributed by atoms with van der Waals surface area (Å²) in [6.07, 6.45) is 3.79. The first-order chi connectivity index (χ1) is 28.7. The topological polar surface area (TPSA) is 51.0 Å². The van der Waals surface area contributed by atoms with Gasteiger partial charge in [-0.05, 0) is 76.6 Å². The van der Waals surface area contributed by atoms with Crippen LogP contribution in [0.1, 0.15) is 29.5 Å². The van der Waals surface area contributed by atoms with Crippen molar-refractivity contribution in [1.29, 1.82) is 0 Å². The fourth-order valence-electron chi connectivity index (χ4n) is 8.40. The zero-order valence-corrected chi connectivity index (χ0v) is 31.6. The molecule has 274 valence electrons. The van der Waals surface area contributed by atoms with Crippen molar-refractivity contribution in [2.75, 3.05) is 0 Å². The predicted octanol–water partition coefficient (Wildman–Crippen LogP) is 14.6. The summed E-state index contributed by atoms with van der Waals surface area (Å²) in [5, 5.41) is 4.31. The third-order valence-electron chi connectivity index (χ3n) is 11.2. The largest absolute Gasteiger partial charge is 0.455 e. The number of allylic oxidation sites excluding steroid dienone is 1. The summed E-state index contributed by atoms with van der Waals surface area (Å²) in [6, 6.07) is 65.5. The highest BCUT2D eigenvalue weighted by Gasteiger charge is 2.21. The molecule has 0 bridgehead atoms. The van der Waals surface area contributed by atoms with Crippen LogP contribution in [0.4, 0.5) is 0 Å². The van der Waals surface area contributed by atoms with Gasteiger partial charge in [0.1, 0.15) is 22.3 Å². The first kappa shape index (κ1) is 33.8. The fraction of sp³-hybridized carbons (Fsp3) is 0.0370. The van der Waals surface area contributed by atoms with Crippen LogP contribution in [0.15, 0.2) is 213 Å². The number of amidine groups is 1. The highest BCUT2D eigenvalue weighted by atomic mass is 16.3.